The van der Waals surface area contributed by atoms with Crippen LogP contribution < -0.4 is 5.73 Å². The largest absolute Gasteiger partial charge is 0.397 e. The number of aromatic nitrogens is 3. The summed E-state index contributed by atoms with van der Waals surface area (Å²) in [7, 11) is 0. The molecule has 0 saturated heterocycles. The Morgan fingerprint density at radius 1 is 0.682 bits per heavy atom. The smallest absolute Gasteiger partial charge is 0.162 e. The van der Waals surface area contributed by atoms with Gasteiger partial charge in [-0.2, -0.15) is 25.2 Å². The van der Waals surface area contributed by atoms with Crippen molar-refractivity contribution < 1.29 is 19.8 Å². The van der Waals surface area contributed by atoms with E-state index in [9.17, 15) is 19.8 Å². The highest BCUT2D eigenvalue weighted by Gasteiger charge is 2.61. The molecule has 8 aliphatic carbocycles. The second-order valence-corrected chi connectivity index (χ2v) is 24.9. The third-order valence-electron chi connectivity index (χ3n) is 21.5. The van der Waals surface area contributed by atoms with Gasteiger partial charge in [0.1, 0.15) is 28.8 Å². The number of carbonyl (C=O) groups excluding carboxylic acids is 2. The minimum atomic E-state index is -0.777. The Balaban J connectivity index is 0.704. The molecule has 10 heteroatoms. The molecule has 3 aromatic rings. The Hall–Kier alpha value is -3.50. The molecule has 1 heterocycles. The van der Waals surface area contributed by atoms with Crippen molar-refractivity contribution in [2.75, 3.05) is 5.73 Å². The van der Waals surface area contributed by atoms with E-state index in [0.29, 0.717) is 70.9 Å². The fraction of sp³-hybridized carbons (Fsp3) is 0.750. The van der Waals surface area contributed by atoms with Crippen LogP contribution in [0.15, 0.2) is 52.7 Å². The fourth-order valence-electron chi connectivity index (χ4n) is 18.3. The van der Waals surface area contributed by atoms with Gasteiger partial charge in [-0.05, 0) is 236 Å². The van der Waals surface area contributed by atoms with Crippen molar-refractivity contribution in [1.82, 2.24) is 15.0 Å². The number of benzene rings is 2. The van der Waals surface area contributed by atoms with E-state index in [-0.39, 0.29) is 34.5 Å². The predicted octanol–water partition coefficient (Wildman–Crippen LogP) is 11.4. The quantitative estimate of drug-likeness (QED) is 0.143. The molecule has 4 N–H and O–H groups in total. The summed E-state index contributed by atoms with van der Waals surface area (Å²) in [6, 6.07) is 12.9. The van der Waals surface area contributed by atoms with Gasteiger partial charge in [-0.25, -0.2) is 0 Å². The summed E-state index contributed by atoms with van der Waals surface area (Å²) < 4.78 is 0. The molecule has 11 rings (SSSR count). The zero-order chi connectivity index (χ0) is 45.9. The third-order valence-corrected chi connectivity index (χ3v) is 21.5. The lowest BCUT2D eigenvalue weighted by Crippen LogP contribution is -2.52. The Bertz CT molecular complexity index is 2340. The first-order chi connectivity index (χ1) is 31.5. The van der Waals surface area contributed by atoms with Crippen LogP contribution in [-0.2, 0) is 16.0 Å². The van der Waals surface area contributed by atoms with Gasteiger partial charge in [0.25, 0.3) is 0 Å². The van der Waals surface area contributed by atoms with Gasteiger partial charge in [-0.15, -0.1) is 0 Å². The molecule has 0 aliphatic heterocycles. The molecule has 0 amide bonds. The number of rotatable bonds is 9. The second-order valence-electron chi connectivity index (χ2n) is 24.9. The third kappa shape index (κ3) is 7.54. The minimum Gasteiger partial charge on any atom is -0.397 e. The van der Waals surface area contributed by atoms with Crippen LogP contribution in [-0.4, -0.2) is 54.0 Å². The highest BCUT2D eigenvalue weighted by molar-refractivity contribution is 5.87. The van der Waals surface area contributed by atoms with Crippen LogP contribution in [0.3, 0.4) is 0 Å². The van der Waals surface area contributed by atoms with Crippen LogP contribution in [0, 0.1) is 81.8 Å². The molecule has 1 aromatic heterocycles. The maximum absolute atomic E-state index is 14.3. The summed E-state index contributed by atoms with van der Waals surface area (Å²) >= 11 is 0. The van der Waals surface area contributed by atoms with Gasteiger partial charge in [0, 0.05) is 18.3 Å². The molecule has 18 atom stereocenters. The van der Waals surface area contributed by atoms with Crippen LogP contribution in [0.25, 0.3) is 11.0 Å². The average Bonchev–Trinajstić information content (AvgIpc) is 4.00. The maximum Gasteiger partial charge on any atom is 0.162 e. The van der Waals surface area contributed by atoms with Crippen LogP contribution in [0.4, 0.5) is 11.4 Å². The number of ketones is 2. The van der Waals surface area contributed by atoms with E-state index in [2.05, 4.69) is 34.3 Å². The van der Waals surface area contributed by atoms with Crippen molar-refractivity contribution in [2.45, 2.75) is 180 Å². The molecule has 8 aliphatic rings. The first kappa shape index (κ1) is 45.0. The average molecular weight is 899 g/mol. The summed E-state index contributed by atoms with van der Waals surface area (Å²) in [5.74, 6) is 7.10. The van der Waals surface area contributed by atoms with Crippen molar-refractivity contribution in [3.8, 4) is 0 Å². The molecule has 0 spiro atoms. The number of hydrogen-bond donors (Lipinski definition) is 3. The summed E-state index contributed by atoms with van der Waals surface area (Å²) in [5, 5.41) is 41.8. The number of anilines is 1. The number of Topliss-reactive ketones (excluding diaryl/α,β-unsaturated/α-hetero) is 2. The lowest BCUT2D eigenvalue weighted by atomic mass is 9.48. The standard InChI is InChI=1S/C56H78N6O4/c1-32(51(63)45-17-15-43-41-13-11-35-30-53(3,65)24-20-37(35)39(41)21-25-54(43,45)4)58-59-50-28-34(10-19-47(50)57)29-56(66)27-23-38-36(31-56)12-14-42-40(38)22-26-55(5)44(42)16-18-46(55)52(64)33(2)62-60-48-8-6-7-9-49(48)61-62/h6-10,19,28,32-33,35-46,65-66H,11-18,20-27,29-31,57H2,1-5H3/t32-,33+,35+,36+,37+,38+,39-,40-,41?,42-,43+,44+,45-,46-,53-,54+,55+,56+/m1/s1. The van der Waals surface area contributed by atoms with Gasteiger partial charge < -0.3 is 15.9 Å². The molecule has 1 unspecified atom stereocenters. The van der Waals surface area contributed by atoms with Crippen molar-refractivity contribution in [3.63, 3.8) is 0 Å². The number of nitrogens with two attached hydrogens (primary N) is 1. The summed E-state index contributed by atoms with van der Waals surface area (Å²) in [6.45, 7) is 10.8. The first-order valence-electron chi connectivity index (χ1n) is 26.7. The van der Waals surface area contributed by atoms with Gasteiger partial charge in [-0.3, -0.25) is 9.59 Å². The van der Waals surface area contributed by atoms with E-state index in [4.69, 9.17) is 5.73 Å². The van der Waals surface area contributed by atoms with Crippen LogP contribution in [0.2, 0.25) is 0 Å². The van der Waals surface area contributed by atoms with Gasteiger partial charge in [-0.1, -0.05) is 32.0 Å². The summed E-state index contributed by atoms with van der Waals surface area (Å²) in [5.41, 5.74) is 9.10. The van der Waals surface area contributed by atoms with Crippen molar-refractivity contribution in [3.05, 3.63) is 48.0 Å². The molecule has 0 radical (unpaired) electrons. The number of fused-ring (bicyclic) bond motifs is 11. The fourth-order valence-corrected chi connectivity index (χ4v) is 18.3. The van der Waals surface area contributed by atoms with Crippen LogP contribution in [0.1, 0.15) is 162 Å². The van der Waals surface area contributed by atoms with Crippen molar-refractivity contribution in [2.24, 2.45) is 92.1 Å². The Morgan fingerprint density at radius 3 is 1.86 bits per heavy atom. The summed E-state index contributed by atoms with van der Waals surface area (Å²) in [4.78, 5) is 30.2. The summed E-state index contributed by atoms with van der Waals surface area (Å²) in [6.07, 6.45) is 19.9. The molecular formula is C56H78N6O4. The number of nitrogen functional groups attached to an aromatic ring is 1. The second kappa shape index (κ2) is 16.6. The molecule has 356 valence electrons. The van der Waals surface area contributed by atoms with Crippen molar-refractivity contribution in [1.29, 1.82) is 0 Å². The van der Waals surface area contributed by atoms with Gasteiger partial charge >= 0.3 is 0 Å². The molecular weight excluding hydrogens is 821 g/mol. The predicted molar refractivity (Wildman–Crippen MR) is 258 cm³/mol. The molecule has 66 heavy (non-hydrogen) atoms. The normalized spacial score (nSPS) is 43.8. The monoisotopic (exact) mass is 899 g/mol. The first-order valence-corrected chi connectivity index (χ1v) is 26.7. The van der Waals surface area contributed by atoms with E-state index >= 15 is 0 Å². The highest BCUT2D eigenvalue weighted by atomic mass is 16.3. The maximum atomic E-state index is 14.3. The van der Waals surface area contributed by atoms with Crippen LogP contribution >= 0.6 is 0 Å². The lowest BCUT2D eigenvalue weighted by molar-refractivity contribution is -0.136. The zero-order valence-electron chi connectivity index (χ0n) is 40.6. The van der Waals surface area contributed by atoms with E-state index in [0.717, 1.165) is 112 Å². The van der Waals surface area contributed by atoms with E-state index in [1.165, 1.54) is 32.1 Å². The molecule has 10 nitrogen and oxygen atoms in total. The SMILES string of the molecule is C[C@@H](N=Nc1cc(C[C@@]2(O)CC[C@H]3[C@@H](CC[C@@H]4[C@@H]3CC[C@]3(C)[C@@H](C(=O)[C@H](C)n5nc6ccccc6n5)CC[C@@H]43)C2)ccc1N)C(=O)[C@H]1CC[C@H]2C3CC[C@H]4C[C@](C)(O)CC[C@@H]4[C@H]3CC[C@]12C. The lowest BCUT2D eigenvalue weighted by Gasteiger charge is -2.57. The molecule has 0 bridgehead atoms. The van der Waals surface area contributed by atoms with Gasteiger partial charge in [0.05, 0.1) is 16.9 Å². The zero-order valence-corrected chi connectivity index (χ0v) is 40.6. The topological polar surface area (TPSA) is 156 Å². The molecule has 8 saturated carbocycles. The van der Waals surface area contributed by atoms with E-state index in [1.54, 1.807) is 4.80 Å². The molecule has 2 aromatic carbocycles. The van der Waals surface area contributed by atoms with Gasteiger partial charge in [0.2, 0.25) is 0 Å². The van der Waals surface area contributed by atoms with Gasteiger partial charge in [0.15, 0.2) is 11.6 Å². The van der Waals surface area contributed by atoms with E-state index in [1.807, 2.05) is 63.2 Å². The number of aliphatic hydroxyl groups is 2. The number of carbonyl (C=O) groups is 2. The Labute approximate surface area is 393 Å². The molecule has 8 fully saturated rings. The van der Waals surface area contributed by atoms with Crippen LogP contribution in [0.5, 0.6) is 0 Å². The highest BCUT2D eigenvalue weighted by Crippen LogP contribution is 2.67. The number of hydrogen-bond acceptors (Lipinski definition) is 9. The minimum absolute atomic E-state index is 0.0176. The Kier molecular flexibility index (Phi) is 11.3. The van der Waals surface area contributed by atoms with Crippen molar-refractivity contribution >= 4 is 34.0 Å². The Morgan fingerprint density at radius 2 is 1.24 bits per heavy atom. The van der Waals surface area contributed by atoms with E-state index < -0.39 is 17.2 Å². The number of azo groups is 1. The number of nitrogens with zero attached hydrogens (tertiary/aromatic N) is 5.